The Bertz CT molecular complexity index is 583. The third-order valence-corrected chi connectivity index (χ3v) is 5.00. The Morgan fingerprint density at radius 3 is 1.86 bits per heavy atom. The molecule has 3 rings (SSSR count). The molecule has 2 aromatic rings. The van der Waals surface area contributed by atoms with E-state index in [1.165, 1.54) is 12.8 Å². The van der Waals surface area contributed by atoms with Gasteiger partial charge in [0.1, 0.15) is 17.8 Å². The van der Waals surface area contributed by atoms with Crippen LogP contribution in [0.1, 0.15) is 12.8 Å². The van der Waals surface area contributed by atoms with Gasteiger partial charge in [0.25, 0.3) is 0 Å². The molecule has 0 aliphatic heterocycles. The summed E-state index contributed by atoms with van der Waals surface area (Å²) in [5, 5.41) is 3.22. The number of nitrogens with one attached hydrogen (secondary N) is 1. The summed E-state index contributed by atoms with van der Waals surface area (Å²) < 4.78 is 24.4. The fourth-order valence-corrected chi connectivity index (χ4v) is 3.55. The molecule has 0 aromatic heterocycles. The quantitative estimate of drug-likeness (QED) is 0.738. The van der Waals surface area contributed by atoms with Gasteiger partial charge in [0.2, 0.25) is 0 Å². The van der Waals surface area contributed by atoms with Crippen LogP contribution in [0.25, 0.3) is 0 Å². The molecule has 1 aliphatic rings. The van der Waals surface area contributed by atoms with Crippen LogP contribution in [0.4, 0.5) is 0 Å². The minimum absolute atomic E-state index is 0.202. The molecular formula is C17H20NO3P. The van der Waals surface area contributed by atoms with Gasteiger partial charge in [-0.2, -0.15) is 0 Å². The summed E-state index contributed by atoms with van der Waals surface area (Å²) >= 11 is 0. The average Bonchev–Trinajstić information content (AvgIpc) is 3.33. The normalized spacial score (nSPS) is 14.5. The van der Waals surface area contributed by atoms with Crippen LogP contribution in [0.5, 0.6) is 11.5 Å². The SMILES string of the molecule is O=P(CNCC1CC1)(Oc1ccccc1)Oc1ccccc1. The van der Waals surface area contributed by atoms with Crippen LogP contribution in [-0.4, -0.2) is 12.8 Å². The van der Waals surface area contributed by atoms with Crippen molar-refractivity contribution in [2.45, 2.75) is 12.8 Å². The van der Waals surface area contributed by atoms with E-state index in [4.69, 9.17) is 9.05 Å². The van der Waals surface area contributed by atoms with E-state index in [0.29, 0.717) is 17.4 Å². The fraction of sp³-hybridized carbons (Fsp3) is 0.294. The summed E-state index contributed by atoms with van der Waals surface area (Å²) in [5.74, 6) is 1.81. The van der Waals surface area contributed by atoms with Crippen LogP contribution in [0, 0.1) is 5.92 Å². The molecule has 116 valence electrons. The van der Waals surface area contributed by atoms with Gasteiger partial charge in [-0.05, 0) is 49.6 Å². The van der Waals surface area contributed by atoms with Crippen molar-refractivity contribution in [1.29, 1.82) is 0 Å². The maximum absolute atomic E-state index is 13.0. The summed E-state index contributed by atoms with van der Waals surface area (Å²) in [6.07, 6.45) is 2.69. The van der Waals surface area contributed by atoms with E-state index in [1.54, 1.807) is 24.3 Å². The van der Waals surface area contributed by atoms with Gasteiger partial charge in [-0.15, -0.1) is 0 Å². The van der Waals surface area contributed by atoms with Crippen LogP contribution in [0.15, 0.2) is 60.7 Å². The van der Waals surface area contributed by atoms with Gasteiger partial charge in [0, 0.05) is 0 Å². The first-order valence-corrected chi connectivity index (χ1v) is 9.25. The first-order chi connectivity index (χ1) is 10.7. The van der Waals surface area contributed by atoms with E-state index in [0.717, 1.165) is 6.54 Å². The third-order valence-electron chi connectivity index (χ3n) is 3.41. The Labute approximate surface area is 131 Å². The van der Waals surface area contributed by atoms with E-state index < -0.39 is 7.60 Å². The number of rotatable bonds is 8. The van der Waals surface area contributed by atoms with Gasteiger partial charge >= 0.3 is 7.60 Å². The standard InChI is InChI=1S/C17H20NO3P/c19-22(14-18-13-15-11-12-15,20-16-7-3-1-4-8-16)21-17-9-5-2-6-10-17/h1-10,15,18H,11-14H2. The Morgan fingerprint density at radius 1 is 0.909 bits per heavy atom. The highest BCUT2D eigenvalue weighted by molar-refractivity contribution is 7.54. The van der Waals surface area contributed by atoms with Crippen LogP contribution >= 0.6 is 7.60 Å². The molecule has 4 nitrogen and oxygen atoms in total. The molecule has 2 aromatic carbocycles. The molecule has 0 saturated heterocycles. The first-order valence-electron chi connectivity index (χ1n) is 7.53. The summed E-state index contributed by atoms with van der Waals surface area (Å²) in [5.41, 5.74) is 0. The van der Waals surface area contributed by atoms with E-state index in [-0.39, 0.29) is 6.29 Å². The molecule has 0 atom stereocenters. The molecule has 0 heterocycles. The average molecular weight is 317 g/mol. The second kappa shape index (κ2) is 6.99. The summed E-state index contributed by atoms with van der Waals surface area (Å²) in [7, 11) is -3.30. The summed E-state index contributed by atoms with van der Waals surface area (Å²) in [6, 6.07) is 18.3. The Morgan fingerprint density at radius 2 is 1.41 bits per heavy atom. The zero-order valence-corrected chi connectivity index (χ0v) is 13.2. The van der Waals surface area contributed by atoms with Crippen molar-refractivity contribution < 1.29 is 13.6 Å². The topological polar surface area (TPSA) is 47.6 Å². The lowest BCUT2D eigenvalue weighted by Crippen LogP contribution is -2.22. The predicted molar refractivity (Wildman–Crippen MR) is 87.3 cm³/mol. The highest BCUT2D eigenvalue weighted by atomic mass is 31.2. The zero-order valence-electron chi connectivity index (χ0n) is 12.4. The molecule has 5 heteroatoms. The molecule has 1 saturated carbocycles. The largest absolute Gasteiger partial charge is 0.444 e. The highest BCUT2D eigenvalue weighted by Gasteiger charge is 2.29. The van der Waals surface area contributed by atoms with Crippen LogP contribution in [0.2, 0.25) is 0 Å². The van der Waals surface area contributed by atoms with Crippen molar-refractivity contribution in [3.63, 3.8) is 0 Å². The van der Waals surface area contributed by atoms with E-state index in [1.807, 2.05) is 36.4 Å². The highest BCUT2D eigenvalue weighted by Crippen LogP contribution is 2.47. The number of para-hydroxylation sites is 2. The van der Waals surface area contributed by atoms with E-state index >= 15 is 0 Å². The van der Waals surface area contributed by atoms with Gasteiger partial charge in [-0.1, -0.05) is 36.4 Å². The number of benzene rings is 2. The van der Waals surface area contributed by atoms with Gasteiger partial charge < -0.3 is 14.4 Å². The van der Waals surface area contributed by atoms with Crippen LogP contribution < -0.4 is 14.4 Å². The number of hydrogen-bond acceptors (Lipinski definition) is 4. The van der Waals surface area contributed by atoms with Crippen LogP contribution in [0.3, 0.4) is 0 Å². The second-order valence-corrected chi connectivity index (χ2v) is 7.38. The Balaban J connectivity index is 1.69. The molecule has 1 aliphatic carbocycles. The molecule has 0 bridgehead atoms. The monoisotopic (exact) mass is 317 g/mol. The molecule has 0 spiro atoms. The van der Waals surface area contributed by atoms with Gasteiger partial charge in [-0.3, -0.25) is 0 Å². The van der Waals surface area contributed by atoms with Gasteiger partial charge in [0.05, 0.1) is 0 Å². The van der Waals surface area contributed by atoms with E-state index in [2.05, 4.69) is 5.32 Å². The Hall–Kier alpha value is -1.77. The summed E-state index contributed by atoms with van der Waals surface area (Å²) in [4.78, 5) is 0. The lowest BCUT2D eigenvalue weighted by Gasteiger charge is -2.20. The molecule has 1 fully saturated rings. The summed E-state index contributed by atoms with van der Waals surface area (Å²) in [6.45, 7) is 0.861. The number of hydrogen-bond donors (Lipinski definition) is 1. The van der Waals surface area contributed by atoms with Crippen molar-refractivity contribution in [2.24, 2.45) is 5.92 Å². The fourth-order valence-electron chi connectivity index (χ4n) is 2.09. The van der Waals surface area contributed by atoms with Crippen LogP contribution in [-0.2, 0) is 4.57 Å². The lowest BCUT2D eigenvalue weighted by molar-refractivity contribution is 0.380. The zero-order chi connectivity index (χ0) is 15.3. The first kappa shape index (κ1) is 15.1. The molecule has 22 heavy (non-hydrogen) atoms. The molecule has 0 amide bonds. The van der Waals surface area contributed by atoms with Crippen molar-refractivity contribution in [3.8, 4) is 11.5 Å². The maximum Gasteiger partial charge on any atom is 0.444 e. The van der Waals surface area contributed by atoms with Crippen molar-refractivity contribution in [2.75, 3.05) is 12.8 Å². The molecule has 1 N–H and O–H groups in total. The van der Waals surface area contributed by atoms with Gasteiger partial charge in [-0.25, -0.2) is 4.57 Å². The molecule has 0 radical (unpaired) electrons. The van der Waals surface area contributed by atoms with Crippen molar-refractivity contribution in [3.05, 3.63) is 60.7 Å². The van der Waals surface area contributed by atoms with Gasteiger partial charge in [0.15, 0.2) is 0 Å². The van der Waals surface area contributed by atoms with E-state index in [9.17, 15) is 4.57 Å². The van der Waals surface area contributed by atoms with Crippen molar-refractivity contribution in [1.82, 2.24) is 5.32 Å². The Kier molecular flexibility index (Phi) is 4.81. The lowest BCUT2D eigenvalue weighted by atomic mass is 10.3. The smallest absolute Gasteiger partial charge is 0.415 e. The third kappa shape index (κ3) is 4.62. The minimum Gasteiger partial charge on any atom is -0.415 e. The predicted octanol–water partition coefficient (Wildman–Crippen LogP) is 4.29. The van der Waals surface area contributed by atoms with Crippen molar-refractivity contribution >= 4 is 7.60 Å². The maximum atomic E-state index is 13.0. The molecule has 0 unspecified atom stereocenters. The molecular weight excluding hydrogens is 297 g/mol. The second-order valence-electron chi connectivity index (χ2n) is 5.48. The minimum atomic E-state index is -3.30.